The van der Waals surface area contributed by atoms with Crippen LogP contribution in [0.1, 0.15) is 81.1 Å². The standard InChI is InChI=1S/C13H9N2S.3C4H9.Sn/c1-3-11-6-12(8-14-7-11)4-5-13-9-16-10(2)15-13;3*1-3-4-2;/h1,3,6-9H,2H3;3*1,3-4H2,2H3;. The molecule has 2 aromatic heterocycles. The molecule has 2 nitrogen and oxygen atoms in total. The van der Waals surface area contributed by atoms with Gasteiger partial charge in [0.15, 0.2) is 0 Å². The SMILES string of the molecule is CCC[CH2][Sn](/[CH]=C/c1cncc(C#Cc2csc(C)n2)c1)([CH2]CCC)[CH2]CCC. The summed E-state index contributed by atoms with van der Waals surface area (Å²) in [6, 6.07) is 2.17. The molecule has 2 rings (SSSR count). The average Bonchev–Trinajstić information content (AvgIpc) is 3.17. The first-order valence-electron chi connectivity index (χ1n) is 11.2. The van der Waals surface area contributed by atoms with Gasteiger partial charge in [-0.05, 0) is 0 Å². The van der Waals surface area contributed by atoms with Gasteiger partial charge in [0, 0.05) is 0 Å². The summed E-state index contributed by atoms with van der Waals surface area (Å²) in [6.07, 6.45) is 14.3. The molecule has 4 heteroatoms. The summed E-state index contributed by atoms with van der Waals surface area (Å²) in [5, 5.41) is 3.07. The Bertz CT molecular complexity index is 807. The van der Waals surface area contributed by atoms with Crippen LogP contribution in [0.25, 0.3) is 6.08 Å². The molecule has 0 amide bonds. The number of aromatic nitrogens is 2. The molecule has 156 valence electrons. The van der Waals surface area contributed by atoms with Gasteiger partial charge in [-0.1, -0.05) is 0 Å². The van der Waals surface area contributed by atoms with Gasteiger partial charge in [0.25, 0.3) is 0 Å². The maximum atomic E-state index is 4.44. The number of unbranched alkanes of at least 4 members (excludes halogenated alkanes) is 3. The van der Waals surface area contributed by atoms with Crippen molar-refractivity contribution in [3.05, 3.63) is 49.8 Å². The molecule has 2 heterocycles. The van der Waals surface area contributed by atoms with Crippen molar-refractivity contribution in [1.29, 1.82) is 0 Å². The number of pyridine rings is 1. The first-order chi connectivity index (χ1) is 14.1. The summed E-state index contributed by atoms with van der Waals surface area (Å²) >= 11 is -0.612. The number of nitrogens with zero attached hydrogens (tertiary/aromatic N) is 2. The van der Waals surface area contributed by atoms with Crippen LogP contribution in [-0.4, -0.2) is 28.3 Å². The Morgan fingerprint density at radius 2 is 1.62 bits per heavy atom. The van der Waals surface area contributed by atoms with Crippen molar-refractivity contribution in [2.75, 3.05) is 0 Å². The normalized spacial score (nSPS) is 11.6. The predicted molar refractivity (Wildman–Crippen MR) is 131 cm³/mol. The van der Waals surface area contributed by atoms with Crippen LogP contribution in [0.5, 0.6) is 0 Å². The van der Waals surface area contributed by atoms with Crippen LogP contribution >= 0.6 is 11.3 Å². The van der Waals surface area contributed by atoms with E-state index in [0.717, 1.165) is 16.3 Å². The second kappa shape index (κ2) is 13.2. The van der Waals surface area contributed by atoms with Gasteiger partial charge in [-0.15, -0.1) is 0 Å². The summed E-state index contributed by atoms with van der Waals surface area (Å²) in [5.74, 6) is 6.39. The Morgan fingerprint density at radius 3 is 2.17 bits per heavy atom. The molecule has 0 aliphatic rings. The van der Waals surface area contributed by atoms with Crippen molar-refractivity contribution in [3.63, 3.8) is 0 Å². The zero-order valence-corrected chi connectivity index (χ0v) is 22.3. The molecule has 0 spiro atoms. The fraction of sp³-hybridized carbons (Fsp3) is 0.520. The van der Waals surface area contributed by atoms with Crippen molar-refractivity contribution >= 4 is 35.8 Å². The van der Waals surface area contributed by atoms with Crippen LogP contribution in [0.2, 0.25) is 13.3 Å². The van der Waals surface area contributed by atoms with Crippen molar-refractivity contribution in [3.8, 4) is 11.8 Å². The Hall–Kier alpha value is -1.12. The van der Waals surface area contributed by atoms with Crippen LogP contribution in [0.15, 0.2) is 27.9 Å². The van der Waals surface area contributed by atoms with E-state index in [2.05, 4.69) is 58.8 Å². The van der Waals surface area contributed by atoms with Crippen molar-refractivity contribution in [1.82, 2.24) is 9.97 Å². The summed E-state index contributed by atoms with van der Waals surface area (Å²) in [5.41, 5.74) is 3.01. The zero-order valence-electron chi connectivity index (χ0n) is 18.6. The molecule has 2 aromatic rings. The van der Waals surface area contributed by atoms with Crippen molar-refractivity contribution in [2.45, 2.75) is 79.5 Å². The van der Waals surface area contributed by atoms with Gasteiger partial charge in [-0.3, -0.25) is 0 Å². The quantitative estimate of drug-likeness (QED) is 0.227. The van der Waals surface area contributed by atoms with E-state index in [9.17, 15) is 0 Å². The molecule has 0 aliphatic carbocycles. The first kappa shape index (κ1) is 24.2. The summed E-state index contributed by atoms with van der Waals surface area (Å²) in [4.78, 5) is 8.86. The predicted octanol–water partition coefficient (Wildman–Crippen LogP) is 7.65. The van der Waals surface area contributed by atoms with Crippen molar-refractivity contribution in [2.24, 2.45) is 0 Å². The Balaban J connectivity index is 2.21. The van der Waals surface area contributed by atoms with Gasteiger partial charge in [-0.25, -0.2) is 0 Å². The van der Waals surface area contributed by atoms with Crippen LogP contribution in [0.4, 0.5) is 0 Å². The van der Waals surface area contributed by atoms with Crippen LogP contribution in [-0.2, 0) is 0 Å². The zero-order chi connectivity index (χ0) is 21.0. The molecule has 0 fully saturated rings. The molecule has 29 heavy (non-hydrogen) atoms. The third-order valence-corrected chi connectivity index (χ3v) is 20.2. The Morgan fingerprint density at radius 1 is 0.966 bits per heavy atom. The van der Waals surface area contributed by atoms with E-state index in [-0.39, 0.29) is 0 Å². The minimum atomic E-state index is -2.25. The molecule has 0 saturated heterocycles. The van der Waals surface area contributed by atoms with Gasteiger partial charge in [-0.2, -0.15) is 0 Å². The molecular formula is C25H36N2SSn. The van der Waals surface area contributed by atoms with Crippen LogP contribution < -0.4 is 0 Å². The number of thiazole rings is 1. The van der Waals surface area contributed by atoms with E-state index < -0.39 is 18.4 Å². The molecule has 0 radical (unpaired) electrons. The summed E-state index contributed by atoms with van der Waals surface area (Å²) in [7, 11) is 0. The van der Waals surface area contributed by atoms with E-state index in [1.54, 1.807) is 11.3 Å². The molecule has 0 saturated carbocycles. The molecule has 0 bridgehead atoms. The van der Waals surface area contributed by atoms with Crippen molar-refractivity contribution < 1.29 is 0 Å². The molecule has 0 atom stereocenters. The third kappa shape index (κ3) is 8.64. The Labute approximate surface area is 186 Å². The summed E-state index contributed by atoms with van der Waals surface area (Å²) in [6.45, 7) is 9.00. The van der Waals surface area contributed by atoms with E-state index in [1.165, 1.54) is 57.4 Å². The molecular weight excluding hydrogens is 479 g/mol. The van der Waals surface area contributed by atoms with Gasteiger partial charge in [0.05, 0.1) is 0 Å². The Kier molecular flexibility index (Phi) is 11.0. The number of aryl methyl sites for hydroxylation is 1. The molecule has 0 unspecified atom stereocenters. The minimum absolute atomic E-state index is 0.849. The van der Waals surface area contributed by atoms with Gasteiger partial charge in [0.1, 0.15) is 0 Å². The average molecular weight is 515 g/mol. The third-order valence-electron chi connectivity index (χ3n) is 5.43. The van der Waals surface area contributed by atoms with E-state index in [4.69, 9.17) is 0 Å². The van der Waals surface area contributed by atoms with Gasteiger partial charge >= 0.3 is 187 Å². The van der Waals surface area contributed by atoms with E-state index >= 15 is 0 Å². The topological polar surface area (TPSA) is 25.8 Å². The monoisotopic (exact) mass is 516 g/mol. The molecule has 0 aromatic carbocycles. The first-order valence-corrected chi connectivity index (χ1v) is 19.8. The second-order valence-electron chi connectivity index (χ2n) is 8.02. The number of hydrogen-bond acceptors (Lipinski definition) is 3. The molecule has 0 N–H and O–H groups in total. The van der Waals surface area contributed by atoms with E-state index in [1.807, 2.05) is 24.7 Å². The maximum absolute atomic E-state index is 4.44. The van der Waals surface area contributed by atoms with Gasteiger partial charge in [0.2, 0.25) is 0 Å². The van der Waals surface area contributed by atoms with Crippen LogP contribution in [0, 0.1) is 18.8 Å². The number of rotatable bonds is 11. The summed E-state index contributed by atoms with van der Waals surface area (Å²) < 4.78 is 7.20. The second-order valence-corrected chi connectivity index (χ2v) is 22.1. The van der Waals surface area contributed by atoms with E-state index in [0.29, 0.717) is 0 Å². The fourth-order valence-corrected chi connectivity index (χ4v) is 18.4. The van der Waals surface area contributed by atoms with Gasteiger partial charge < -0.3 is 0 Å². The molecule has 0 aliphatic heterocycles. The number of hydrogen-bond donors (Lipinski definition) is 0. The fourth-order valence-electron chi connectivity index (χ4n) is 3.66. The van der Waals surface area contributed by atoms with Crippen LogP contribution in [0.3, 0.4) is 0 Å².